The highest BCUT2D eigenvalue weighted by Gasteiger charge is 2.33. The van der Waals surface area contributed by atoms with Gasteiger partial charge < -0.3 is 28.6 Å². The van der Waals surface area contributed by atoms with Crippen LogP contribution in [0.15, 0.2) is 39.5 Å². The number of hydrogen-bond acceptors (Lipinski definition) is 8. The summed E-state index contributed by atoms with van der Waals surface area (Å²) in [5, 5.41) is 0.847. The van der Waals surface area contributed by atoms with Crippen molar-refractivity contribution in [2.45, 2.75) is 46.1 Å². The van der Waals surface area contributed by atoms with Crippen LogP contribution >= 0.6 is 11.9 Å². The quantitative estimate of drug-likeness (QED) is 0.301. The molecule has 1 N–H and O–H groups in total. The van der Waals surface area contributed by atoms with Crippen LogP contribution in [0.5, 0.6) is 5.75 Å². The number of aryl methyl sites for hydroxylation is 1. The summed E-state index contributed by atoms with van der Waals surface area (Å²) in [7, 11) is 2.11. The molecule has 1 amide bonds. The molecule has 1 atom stereocenters. The Bertz CT molecular complexity index is 1530. The molecule has 0 radical (unpaired) electrons. The average molecular weight is 591 g/mol. The minimum atomic E-state index is -4.92. The molecule has 0 bridgehead atoms. The molecule has 41 heavy (non-hydrogen) atoms. The van der Waals surface area contributed by atoms with E-state index in [2.05, 4.69) is 39.3 Å². The largest absolute Gasteiger partial charge is 0.573 e. The highest BCUT2D eigenvalue weighted by molar-refractivity contribution is 8.00. The van der Waals surface area contributed by atoms with Crippen LogP contribution in [0.4, 0.5) is 24.5 Å². The zero-order valence-electron chi connectivity index (χ0n) is 23.4. The molecule has 1 aromatic heterocycles. The fourth-order valence-corrected chi connectivity index (χ4v) is 5.99. The summed E-state index contributed by atoms with van der Waals surface area (Å²) in [5.74, 6) is -0.368. The van der Waals surface area contributed by atoms with Crippen LogP contribution < -0.4 is 20.0 Å². The third kappa shape index (κ3) is 5.99. The van der Waals surface area contributed by atoms with Crippen molar-refractivity contribution in [3.05, 3.63) is 63.0 Å². The molecule has 2 aromatic carbocycles. The number of nitrogens with one attached hydrogen (secondary N) is 1. The van der Waals surface area contributed by atoms with Crippen molar-refractivity contribution in [3.63, 3.8) is 0 Å². The third-order valence-corrected chi connectivity index (χ3v) is 8.51. The Morgan fingerprint density at radius 2 is 1.95 bits per heavy atom. The van der Waals surface area contributed by atoms with Gasteiger partial charge in [-0.1, -0.05) is 18.9 Å². The molecule has 0 spiro atoms. The molecule has 220 valence electrons. The van der Waals surface area contributed by atoms with Gasteiger partial charge in [0.1, 0.15) is 5.58 Å². The van der Waals surface area contributed by atoms with Crippen molar-refractivity contribution < 1.29 is 27.1 Å². The highest BCUT2D eigenvalue weighted by Crippen LogP contribution is 2.35. The van der Waals surface area contributed by atoms with Gasteiger partial charge in [-0.2, -0.15) is 0 Å². The van der Waals surface area contributed by atoms with E-state index in [1.54, 1.807) is 0 Å². The van der Waals surface area contributed by atoms with E-state index in [0.29, 0.717) is 35.9 Å². The van der Waals surface area contributed by atoms with Gasteiger partial charge in [-0.15, -0.1) is 13.2 Å². The lowest BCUT2D eigenvalue weighted by Crippen LogP contribution is -2.50. The maximum absolute atomic E-state index is 13.4. The molecule has 8 nitrogen and oxygen atoms in total. The van der Waals surface area contributed by atoms with Crippen molar-refractivity contribution in [2.75, 3.05) is 48.6 Å². The molecule has 3 aromatic rings. The Kier molecular flexibility index (Phi) is 8.15. The van der Waals surface area contributed by atoms with Crippen LogP contribution in [-0.2, 0) is 13.0 Å². The lowest BCUT2D eigenvalue weighted by Gasteiger charge is -2.39. The predicted octanol–water partition coefficient (Wildman–Crippen LogP) is 5.42. The van der Waals surface area contributed by atoms with Crippen LogP contribution in [0.1, 0.15) is 40.9 Å². The van der Waals surface area contributed by atoms with Crippen LogP contribution in [0.3, 0.4) is 0 Å². The minimum absolute atomic E-state index is 0.00433. The van der Waals surface area contributed by atoms with Gasteiger partial charge in [0.05, 0.1) is 17.8 Å². The van der Waals surface area contributed by atoms with Crippen molar-refractivity contribution in [1.29, 1.82) is 0 Å². The summed E-state index contributed by atoms with van der Waals surface area (Å²) >= 11 is 1.21. The van der Waals surface area contributed by atoms with E-state index in [4.69, 9.17) is 4.42 Å². The lowest BCUT2D eigenvalue weighted by molar-refractivity contribution is -0.274. The number of anilines is 2. The summed E-state index contributed by atoms with van der Waals surface area (Å²) in [6.07, 6.45) is -4.49. The summed E-state index contributed by atoms with van der Waals surface area (Å²) in [5.41, 5.74) is 3.38. The van der Waals surface area contributed by atoms with Gasteiger partial charge in [0.15, 0.2) is 5.75 Å². The lowest BCUT2D eigenvalue weighted by atomic mass is 9.95. The number of likely N-dealkylation sites (N-methyl/N-ethyl adjacent to an activating group) is 1. The molecule has 2 aliphatic heterocycles. The topological polar surface area (TPSA) is 78.3 Å². The first-order chi connectivity index (χ1) is 19.5. The Balaban J connectivity index is 1.42. The minimum Gasteiger partial charge on any atom is -0.422 e. The van der Waals surface area contributed by atoms with E-state index < -0.39 is 23.6 Å². The van der Waals surface area contributed by atoms with Crippen molar-refractivity contribution in [2.24, 2.45) is 0 Å². The number of carbonyl (C=O) groups excluding carboxylic acids is 1. The number of nitrogens with zero attached hydrogens (tertiary/aromatic N) is 3. The Hall–Kier alpha value is -3.38. The standard InChI is InChI=1S/C29H33F3N4O4S/c1-5-41-33-23-8-6-19(14-25(23)40-29(30,31)32)27(37)36-11-10-20-21-7-9-24(35-13-12-34(4)17(2)15-35)18(3)26(21)39-28(38)22(20)16-36/h6-9,14,17,33H,5,10-13,15-16H2,1-4H3. The smallest absolute Gasteiger partial charge is 0.422 e. The SMILES string of the molecule is CCSNc1ccc(C(=O)N2CCc3c(c(=O)oc4c(C)c(N5CCN(C)C(C)C5)ccc34)C2)cc1OC(F)(F)F. The maximum Gasteiger partial charge on any atom is 0.573 e. The second-order valence-corrected chi connectivity index (χ2v) is 11.5. The molecule has 1 saturated heterocycles. The number of halogens is 3. The first-order valence-electron chi connectivity index (χ1n) is 13.6. The molecular formula is C29H33F3N4O4S. The normalized spacial score (nSPS) is 18.0. The van der Waals surface area contributed by atoms with E-state index in [1.807, 2.05) is 19.9 Å². The number of rotatable bonds is 6. The van der Waals surface area contributed by atoms with E-state index in [1.165, 1.54) is 29.0 Å². The molecule has 12 heteroatoms. The number of ether oxygens (including phenoxy) is 1. The van der Waals surface area contributed by atoms with E-state index in [-0.39, 0.29) is 17.8 Å². The van der Waals surface area contributed by atoms with Gasteiger partial charge in [-0.05, 0) is 63.2 Å². The summed E-state index contributed by atoms with van der Waals surface area (Å²) in [4.78, 5) is 32.7. The predicted molar refractivity (Wildman–Crippen MR) is 155 cm³/mol. The number of amides is 1. The summed E-state index contributed by atoms with van der Waals surface area (Å²) in [6.45, 7) is 9.01. The second-order valence-electron chi connectivity index (χ2n) is 10.5. The molecule has 3 heterocycles. The molecule has 5 rings (SSSR count). The maximum atomic E-state index is 13.4. The molecule has 1 fully saturated rings. The van der Waals surface area contributed by atoms with Crippen LogP contribution in [0.25, 0.3) is 11.0 Å². The zero-order chi connectivity index (χ0) is 29.5. The van der Waals surface area contributed by atoms with Gasteiger partial charge >= 0.3 is 12.0 Å². The summed E-state index contributed by atoms with van der Waals surface area (Å²) in [6, 6.07) is 8.38. The van der Waals surface area contributed by atoms with Crippen LogP contribution in [-0.4, -0.2) is 67.1 Å². The number of fused-ring (bicyclic) bond motifs is 3. The molecular weight excluding hydrogens is 557 g/mol. The van der Waals surface area contributed by atoms with E-state index in [9.17, 15) is 22.8 Å². The number of alkyl halides is 3. The number of piperazine rings is 1. The highest BCUT2D eigenvalue weighted by atomic mass is 32.2. The van der Waals surface area contributed by atoms with Gasteiger partial charge in [0, 0.05) is 60.2 Å². The molecule has 1 unspecified atom stereocenters. The number of carbonyl (C=O) groups is 1. The Morgan fingerprint density at radius 1 is 1.17 bits per heavy atom. The summed E-state index contributed by atoms with van der Waals surface area (Å²) < 4.78 is 52.0. The molecule has 0 aliphatic carbocycles. The van der Waals surface area contributed by atoms with Crippen LogP contribution in [0, 0.1) is 6.92 Å². The zero-order valence-corrected chi connectivity index (χ0v) is 24.2. The molecule has 0 saturated carbocycles. The van der Waals surface area contributed by atoms with Gasteiger partial charge in [0.2, 0.25) is 0 Å². The van der Waals surface area contributed by atoms with Gasteiger partial charge in [-0.25, -0.2) is 4.79 Å². The third-order valence-electron chi connectivity index (χ3n) is 7.86. The average Bonchev–Trinajstić information content (AvgIpc) is 2.93. The first kappa shape index (κ1) is 29.1. The Morgan fingerprint density at radius 3 is 2.66 bits per heavy atom. The van der Waals surface area contributed by atoms with Gasteiger partial charge in [0.25, 0.3) is 5.91 Å². The van der Waals surface area contributed by atoms with E-state index >= 15 is 0 Å². The van der Waals surface area contributed by atoms with Crippen molar-refractivity contribution in [1.82, 2.24) is 9.80 Å². The van der Waals surface area contributed by atoms with Crippen LogP contribution in [0.2, 0.25) is 0 Å². The monoisotopic (exact) mass is 590 g/mol. The van der Waals surface area contributed by atoms with Crippen molar-refractivity contribution >= 4 is 40.2 Å². The van der Waals surface area contributed by atoms with Gasteiger partial charge in [-0.3, -0.25) is 4.79 Å². The second kappa shape index (κ2) is 11.5. The fraction of sp³-hybridized carbons (Fsp3) is 0.448. The van der Waals surface area contributed by atoms with E-state index in [0.717, 1.165) is 47.9 Å². The Labute approximate surface area is 240 Å². The molecule has 2 aliphatic rings. The fourth-order valence-electron chi connectivity index (χ4n) is 5.52. The first-order valence-corrected chi connectivity index (χ1v) is 14.6. The number of hydrogen-bond donors (Lipinski definition) is 1. The number of benzene rings is 2. The van der Waals surface area contributed by atoms with Crippen molar-refractivity contribution in [3.8, 4) is 5.75 Å².